The monoisotopic (exact) mass is 345 g/mol. The summed E-state index contributed by atoms with van der Waals surface area (Å²) in [6.45, 7) is 3.35. The number of nitrogens with zero attached hydrogens (tertiary/aromatic N) is 4. The highest BCUT2D eigenvalue weighted by atomic mass is 32.2. The Balaban J connectivity index is 2.06. The third-order valence-electron chi connectivity index (χ3n) is 3.75. The molecule has 0 aliphatic rings. The van der Waals surface area contributed by atoms with Gasteiger partial charge in [-0.3, -0.25) is 9.36 Å². The number of tetrazole rings is 1. The average Bonchev–Trinajstić information content (AvgIpc) is 3.09. The Labute approximate surface area is 138 Å². The van der Waals surface area contributed by atoms with Gasteiger partial charge in [-0.05, 0) is 42.5 Å². The summed E-state index contributed by atoms with van der Waals surface area (Å²) in [6, 6.07) is 9.34. The van der Waals surface area contributed by atoms with Gasteiger partial charge in [-0.2, -0.15) is 0 Å². The van der Waals surface area contributed by atoms with E-state index in [4.69, 9.17) is 0 Å². The van der Waals surface area contributed by atoms with Crippen LogP contribution in [0.4, 0.5) is 0 Å². The van der Waals surface area contributed by atoms with E-state index in [1.165, 1.54) is 37.4 Å². The molecular weight excluding hydrogens is 330 g/mol. The first-order valence-corrected chi connectivity index (χ1v) is 8.71. The van der Waals surface area contributed by atoms with Crippen molar-refractivity contribution >= 4 is 9.84 Å². The first-order valence-electron chi connectivity index (χ1n) is 7.16. The average molecular weight is 345 g/mol. The minimum absolute atomic E-state index is 0.166. The van der Waals surface area contributed by atoms with Crippen LogP contribution in [0.5, 0.6) is 0 Å². The third-order valence-corrected chi connectivity index (χ3v) is 5.80. The van der Waals surface area contributed by atoms with Crippen molar-refractivity contribution in [1.29, 1.82) is 0 Å². The van der Waals surface area contributed by atoms with Gasteiger partial charge < -0.3 is 0 Å². The number of pyridine rings is 1. The first kappa shape index (κ1) is 16.1. The van der Waals surface area contributed by atoms with E-state index in [9.17, 15) is 13.2 Å². The van der Waals surface area contributed by atoms with Crippen molar-refractivity contribution in [1.82, 2.24) is 25.2 Å². The quantitative estimate of drug-likeness (QED) is 0.764. The molecule has 0 saturated heterocycles. The molecule has 1 N–H and O–H groups in total. The van der Waals surface area contributed by atoms with Gasteiger partial charge in [-0.25, -0.2) is 13.5 Å². The molecule has 24 heavy (non-hydrogen) atoms. The second-order valence-electron chi connectivity index (χ2n) is 5.37. The van der Waals surface area contributed by atoms with Crippen LogP contribution < -0.4 is 5.56 Å². The SMILES string of the molecule is Cc1ccc(S(=O)(=O)C(C)n2cc(-c3nnn[nH]3)ccc2=O)cc1. The highest BCUT2D eigenvalue weighted by Crippen LogP contribution is 2.24. The van der Waals surface area contributed by atoms with E-state index in [0.717, 1.165) is 10.1 Å². The van der Waals surface area contributed by atoms with E-state index in [0.29, 0.717) is 11.4 Å². The molecule has 124 valence electrons. The van der Waals surface area contributed by atoms with Crippen LogP contribution in [-0.4, -0.2) is 33.6 Å². The molecule has 0 spiro atoms. The molecular formula is C15H15N5O3S. The van der Waals surface area contributed by atoms with E-state index in [1.807, 2.05) is 6.92 Å². The number of rotatable bonds is 4. The van der Waals surface area contributed by atoms with Crippen LogP contribution in [0.2, 0.25) is 0 Å². The first-order chi connectivity index (χ1) is 11.4. The van der Waals surface area contributed by atoms with E-state index in [2.05, 4.69) is 20.6 Å². The van der Waals surface area contributed by atoms with Gasteiger partial charge in [0.25, 0.3) is 5.56 Å². The summed E-state index contributed by atoms with van der Waals surface area (Å²) in [6.07, 6.45) is 1.43. The number of hydrogen-bond donors (Lipinski definition) is 1. The second kappa shape index (κ2) is 6.00. The molecule has 8 nitrogen and oxygen atoms in total. The van der Waals surface area contributed by atoms with Gasteiger partial charge in [0.05, 0.1) is 4.90 Å². The second-order valence-corrected chi connectivity index (χ2v) is 7.61. The maximum atomic E-state index is 12.8. The maximum absolute atomic E-state index is 12.8. The number of benzene rings is 1. The molecule has 2 heterocycles. The Morgan fingerprint density at radius 2 is 1.83 bits per heavy atom. The Kier molecular flexibility index (Phi) is 4.02. The third kappa shape index (κ3) is 2.85. The molecule has 3 rings (SSSR count). The number of hydrogen-bond acceptors (Lipinski definition) is 6. The maximum Gasteiger partial charge on any atom is 0.251 e. The van der Waals surface area contributed by atoms with Gasteiger partial charge in [0.2, 0.25) is 0 Å². The Morgan fingerprint density at radius 3 is 2.46 bits per heavy atom. The molecule has 3 aromatic rings. The molecule has 0 fully saturated rings. The van der Waals surface area contributed by atoms with Crippen LogP contribution in [0, 0.1) is 6.92 Å². The smallest absolute Gasteiger partial charge is 0.251 e. The summed E-state index contributed by atoms with van der Waals surface area (Å²) in [5, 5.41) is 12.2. The predicted molar refractivity (Wildman–Crippen MR) is 86.9 cm³/mol. The minimum Gasteiger partial charge on any atom is -0.297 e. The van der Waals surface area contributed by atoms with Crippen molar-refractivity contribution in [3.05, 3.63) is 58.5 Å². The van der Waals surface area contributed by atoms with Crippen molar-refractivity contribution < 1.29 is 8.42 Å². The van der Waals surface area contributed by atoms with E-state index >= 15 is 0 Å². The molecule has 1 atom stereocenters. The summed E-state index contributed by atoms with van der Waals surface area (Å²) in [4.78, 5) is 12.3. The van der Waals surface area contributed by atoms with Crippen molar-refractivity contribution in [2.75, 3.05) is 0 Å². The van der Waals surface area contributed by atoms with Gasteiger partial charge in [0.15, 0.2) is 15.7 Å². The Morgan fingerprint density at radius 1 is 1.12 bits per heavy atom. The molecule has 0 amide bonds. The lowest BCUT2D eigenvalue weighted by Crippen LogP contribution is -2.27. The molecule has 0 saturated carbocycles. The summed E-state index contributed by atoms with van der Waals surface area (Å²) in [7, 11) is -3.72. The van der Waals surface area contributed by atoms with Crippen LogP contribution in [0.15, 0.2) is 52.3 Å². The lowest BCUT2D eigenvalue weighted by atomic mass is 10.2. The molecule has 1 unspecified atom stereocenters. The molecule has 1 aromatic carbocycles. The van der Waals surface area contributed by atoms with Crippen molar-refractivity contribution in [2.24, 2.45) is 0 Å². The molecule has 0 aliphatic carbocycles. The highest BCUT2D eigenvalue weighted by Gasteiger charge is 2.25. The van der Waals surface area contributed by atoms with E-state index in [1.54, 1.807) is 12.1 Å². The molecule has 0 bridgehead atoms. The van der Waals surface area contributed by atoms with Crippen LogP contribution in [-0.2, 0) is 9.84 Å². The fourth-order valence-corrected chi connectivity index (χ4v) is 3.66. The zero-order valence-corrected chi connectivity index (χ0v) is 13.9. The number of aromatic amines is 1. The minimum atomic E-state index is -3.72. The van der Waals surface area contributed by atoms with E-state index in [-0.39, 0.29) is 4.90 Å². The van der Waals surface area contributed by atoms with Gasteiger partial charge in [0, 0.05) is 17.8 Å². The lowest BCUT2D eigenvalue weighted by molar-refractivity contribution is 0.554. The summed E-state index contributed by atoms with van der Waals surface area (Å²) in [5.41, 5.74) is 1.05. The Bertz CT molecular complexity index is 1010. The van der Waals surface area contributed by atoms with Crippen LogP contribution in [0.1, 0.15) is 17.9 Å². The van der Waals surface area contributed by atoms with Gasteiger partial charge in [0.1, 0.15) is 5.37 Å². The predicted octanol–water partition coefficient (Wildman–Crippen LogP) is 1.33. The standard InChI is InChI=1S/C15H15N5O3S/c1-10-3-6-13(7-4-10)24(22,23)11(2)20-9-12(5-8-14(20)21)15-16-18-19-17-15/h3-9,11H,1-2H3,(H,16,17,18,19). The number of sulfone groups is 1. The topological polar surface area (TPSA) is 111 Å². The summed E-state index contributed by atoms with van der Waals surface area (Å²) < 4.78 is 26.7. The zero-order chi connectivity index (χ0) is 17.3. The number of aryl methyl sites for hydroxylation is 1. The van der Waals surface area contributed by atoms with Gasteiger partial charge in [-0.15, -0.1) is 5.10 Å². The molecule has 9 heteroatoms. The zero-order valence-electron chi connectivity index (χ0n) is 13.0. The summed E-state index contributed by atoms with van der Waals surface area (Å²) >= 11 is 0. The fraction of sp³-hybridized carbons (Fsp3) is 0.200. The van der Waals surface area contributed by atoms with Crippen LogP contribution >= 0.6 is 0 Å². The van der Waals surface area contributed by atoms with Gasteiger partial charge >= 0.3 is 0 Å². The highest BCUT2D eigenvalue weighted by molar-refractivity contribution is 7.91. The molecule has 0 aliphatic heterocycles. The molecule has 0 radical (unpaired) electrons. The van der Waals surface area contributed by atoms with Gasteiger partial charge in [-0.1, -0.05) is 17.7 Å². The van der Waals surface area contributed by atoms with E-state index < -0.39 is 20.8 Å². The van der Waals surface area contributed by atoms with Crippen LogP contribution in [0.25, 0.3) is 11.4 Å². The number of nitrogens with one attached hydrogen (secondary N) is 1. The van der Waals surface area contributed by atoms with Crippen LogP contribution in [0.3, 0.4) is 0 Å². The van der Waals surface area contributed by atoms with Crippen molar-refractivity contribution in [3.63, 3.8) is 0 Å². The fourth-order valence-electron chi connectivity index (χ4n) is 2.28. The van der Waals surface area contributed by atoms with Crippen molar-refractivity contribution in [3.8, 4) is 11.4 Å². The largest absolute Gasteiger partial charge is 0.297 e. The molecule has 2 aromatic heterocycles. The Hall–Kier alpha value is -2.81. The summed E-state index contributed by atoms with van der Waals surface area (Å²) in [5.74, 6) is 0.351. The normalized spacial score (nSPS) is 12.9. The number of aromatic nitrogens is 5. The lowest BCUT2D eigenvalue weighted by Gasteiger charge is -2.16. The number of H-pyrrole nitrogens is 1. The van der Waals surface area contributed by atoms with Crippen molar-refractivity contribution in [2.45, 2.75) is 24.1 Å².